The van der Waals surface area contributed by atoms with Gasteiger partial charge in [0.2, 0.25) is 0 Å². The van der Waals surface area contributed by atoms with Crippen molar-refractivity contribution in [2.75, 3.05) is 5.48 Å². The predicted octanol–water partition coefficient (Wildman–Crippen LogP) is 2.36. The summed E-state index contributed by atoms with van der Waals surface area (Å²) in [6, 6.07) is 5.92. The Morgan fingerprint density at radius 2 is 2.18 bits per heavy atom. The number of nitrogens with one attached hydrogen (secondary N) is 1. The van der Waals surface area contributed by atoms with Gasteiger partial charge in [-0.25, -0.2) is 0 Å². The van der Waals surface area contributed by atoms with Crippen LogP contribution in [0.3, 0.4) is 0 Å². The lowest BCUT2D eigenvalue weighted by Gasteiger charge is -2.05. The second-order valence-corrected chi connectivity index (χ2v) is 2.63. The minimum atomic E-state index is 0.804. The van der Waals surface area contributed by atoms with E-state index in [-0.39, 0.29) is 0 Å². The highest BCUT2D eigenvalue weighted by Gasteiger charge is 1.97. The number of aryl methyl sites for hydroxylation is 2. The minimum absolute atomic E-state index is 0.804. The van der Waals surface area contributed by atoms with Crippen LogP contribution in [0.2, 0.25) is 0 Å². The normalized spacial score (nSPS) is 9.73. The van der Waals surface area contributed by atoms with Crippen LogP contribution in [0.5, 0.6) is 0 Å². The Hall–Kier alpha value is -1.02. The van der Waals surface area contributed by atoms with Crippen molar-refractivity contribution in [2.24, 2.45) is 0 Å². The maximum Gasteiger partial charge on any atom is 0.0634 e. The molecule has 1 aromatic carbocycles. The molecular formula is C9H13NO. The van der Waals surface area contributed by atoms with Gasteiger partial charge < -0.3 is 0 Å². The molecule has 1 rings (SSSR count). The molecule has 0 aliphatic heterocycles. The van der Waals surface area contributed by atoms with Gasteiger partial charge in [0, 0.05) is 0 Å². The van der Waals surface area contributed by atoms with E-state index in [0.29, 0.717) is 0 Å². The van der Waals surface area contributed by atoms with Gasteiger partial charge in [-0.1, -0.05) is 24.6 Å². The van der Waals surface area contributed by atoms with Crippen molar-refractivity contribution in [2.45, 2.75) is 20.3 Å². The summed E-state index contributed by atoms with van der Waals surface area (Å²) in [5, 5.41) is 8.69. The average Bonchev–Trinajstić information content (AvgIpc) is 2.04. The SMILES string of the molecule is CCc1cc(C)ccc1NO. The number of rotatable bonds is 2. The summed E-state index contributed by atoms with van der Waals surface area (Å²) in [4.78, 5) is 0. The van der Waals surface area contributed by atoms with Crippen LogP contribution >= 0.6 is 0 Å². The zero-order valence-electron chi connectivity index (χ0n) is 6.89. The van der Waals surface area contributed by atoms with Gasteiger partial charge in [-0.15, -0.1) is 0 Å². The molecular weight excluding hydrogens is 138 g/mol. The fourth-order valence-corrected chi connectivity index (χ4v) is 1.12. The second-order valence-electron chi connectivity index (χ2n) is 2.63. The lowest BCUT2D eigenvalue weighted by Crippen LogP contribution is -1.94. The van der Waals surface area contributed by atoms with E-state index in [2.05, 4.69) is 18.5 Å². The first-order chi connectivity index (χ1) is 5.27. The van der Waals surface area contributed by atoms with Gasteiger partial charge >= 0.3 is 0 Å². The zero-order chi connectivity index (χ0) is 8.27. The Labute approximate surface area is 66.8 Å². The van der Waals surface area contributed by atoms with Gasteiger partial charge in [-0.2, -0.15) is 0 Å². The highest BCUT2D eigenvalue weighted by atomic mass is 16.5. The van der Waals surface area contributed by atoms with Gasteiger partial charge in [-0.05, 0) is 25.0 Å². The van der Waals surface area contributed by atoms with E-state index in [9.17, 15) is 0 Å². The molecule has 0 aromatic heterocycles. The Morgan fingerprint density at radius 1 is 1.45 bits per heavy atom. The standard InChI is InChI=1S/C9H13NO/c1-3-8-6-7(2)4-5-9(8)10-11/h4-6,10-11H,3H2,1-2H3. The van der Waals surface area contributed by atoms with Crippen LogP contribution in [0.4, 0.5) is 5.69 Å². The van der Waals surface area contributed by atoms with Crippen LogP contribution < -0.4 is 5.48 Å². The monoisotopic (exact) mass is 151 g/mol. The van der Waals surface area contributed by atoms with Crippen LogP contribution in [0.15, 0.2) is 18.2 Å². The molecule has 0 unspecified atom stereocenters. The molecule has 0 saturated heterocycles. The Balaban J connectivity index is 3.06. The van der Waals surface area contributed by atoms with Crippen LogP contribution in [-0.2, 0) is 6.42 Å². The molecule has 2 nitrogen and oxygen atoms in total. The van der Waals surface area contributed by atoms with Gasteiger partial charge in [0.05, 0.1) is 5.69 Å². The van der Waals surface area contributed by atoms with E-state index in [0.717, 1.165) is 17.7 Å². The molecule has 11 heavy (non-hydrogen) atoms. The first-order valence-electron chi connectivity index (χ1n) is 3.77. The van der Waals surface area contributed by atoms with Crippen molar-refractivity contribution in [1.82, 2.24) is 0 Å². The molecule has 2 N–H and O–H groups in total. The summed E-state index contributed by atoms with van der Waals surface area (Å²) >= 11 is 0. The van der Waals surface area contributed by atoms with Crippen LogP contribution in [0.1, 0.15) is 18.1 Å². The lowest BCUT2D eigenvalue weighted by molar-refractivity contribution is 0.388. The number of benzene rings is 1. The van der Waals surface area contributed by atoms with E-state index in [1.165, 1.54) is 5.56 Å². The Bertz CT molecular complexity index is 245. The third-order valence-corrected chi connectivity index (χ3v) is 1.76. The maximum absolute atomic E-state index is 8.69. The molecule has 0 amide bonds. The van der Waals surface area contributed by atoms with Crippen molar-refractivity contribution in [3.8, 4) is 0 Å². The van der Waals surface area contributed by atoms with E-state index in [1.54, 1.807) is 0 Å². The highest BCUT2D eigenvalue weighted by Crippen LogP contribution is 2.16. The van der Waals surface area contributed by atoms with Crippen molar-refractivity contribution in [1.29, 1.82) is 0 Å². The third-order valence-electron chi connectivity index (χ3n) is 1.76. The van der Waals surface area contributed by atoms with Gasteiger partial charge in [0.1, 0.15) is 0 Å². The summed E-state index contributed by atoms with van der Waals surface area (Å²) < 4.78 is 0. The fourth-order valence-electron chi connectivity index (χ4n) is 1.12. The molecule has 0 radical (unpaired) electrons. The molecule has 0 bridgehead atoms. The van der Waals surface area contributed by atoms with E-state index >= 15 is 0 Å². The smallest absolute Gasteiger partial charge is 0.0634 e. The van der Waals surface area contributed by atoms with E-state index in [4.69, 9.17) is 5.21 Å². The first kappa shape index (κ1) is 8.08. The van der Waals surface area contributed by atoms with E-state index in [1.807, 2.05) is 19.1 Å². The lowest BCUT2D eigenvalue weighted by atomic mass is 10.1. The Kier molecular flexibility index (Phi) is 2.49. The van der Waals surface area contributed by atoms with E-state index < -0.39 is 0 Å². The van der Waals surface area contributed by atoms with Crippen LogP contribution in [-0.4, -0.2) is 5.21 Å². The molecule has 0 aliphatic rings. The highest BCUT2D eigenvalue weighted by molar-refractivity contribution is 5.50. The molecule has 60 valence electrons. The molecule has 0 heterocycles. The number of hydrogen-bond acceptors (Lipinski definition) is 2. The largest absolute Gasteiger partial charge is 0.291 e. The summed E-state index contributed by atoms with van der Waals surface area (Å²) in [6.07, 6.45) is 0.935. The van der Waals surface area contributed by atoms with Gasteiger partial charge in [0.25, 0.3) is 0 Å². The van der Waals surface area contributed by atoms with Crippen molar-refractivity contribution in [3.63, 3.8) is 0 Å². The average molecular weight is 151 g/mol. The molecule has 2 heteroatoms. The molecule has 0 aliphatic carbocycles. The summed E-state index contributed by atoms with van der Waals surface area (Å²) in [5.74, 6) is 0. The van der Waals surface area contributed by atoms with Gasteiger partial charge in [0.15, 0.2) is 0 Å². The maximum atomic E-state index is 8.69. The molecule has 0 atom stereocenters. The number of hydrogen-bond donors (Lipinski definition) is 2. The summed E-state index contributed by atoms with van der Waals surface area (Å²) in [7, 11) is 0. The predicted molar refractivity (Wildman–Crippen MR) is 46.0 cm³/mol. The molecule has 0 saturated carbocycles. The number of anilines is 1. The topological polar surface area (TPSA) is 32.3 Å². The summed E-state index contributed by atoms with van der Waals surface area (Å²) in [6.45, 7) is 4.11. The third kappa shape index (κ3) is 1.71. The van der Waals surface area contributed by atoms with Crippen LogP contribution in [0.25, 0.3) is 0 Å². The molecule has 0 spiro atoms. The van der Waals surface area contributed by atoms with Crippen molar-refractivity contribution >= 4 is 5.69 Å². The fraction of sp³-hybridized carbons (Fsp3) is 0.333. The van der Waals surface area contributed by atoms with Crippen LogP contribution in [0, 0.1) is 6.92 Å². The molecule has 0 fully saturated rings. The van der Waals surface area contributed by atoms with Crippen molar-refractivity contribution in [3.05, 3.63) is 29.3 Å². The quantitative estimate of drug-likeness (QED) is 0.636. The zero-order valence-corrected chi connectivity index (χ0v) is 6.89. The first-order valence-corrected chi connectivity index (χ1v) is 3.77. The minimum Gasteiger partial charge on any atom is -0.291 e. The Morgan fingerprint density at radius 3 is 2.73 bits per heavy atom. The second kappa shape index (κ2) is 3.39. The van der Waals surface area contributed by atoms with Gasteiger partial charge in [-0.3, -0.25) is 10.7 Å². The van der Waals surface area contributed by atoms with Crippen molar-refractivity contribution < 1.29 is 5.21 Å². The summed E-state index contributed by atoms with van der Waals surface area (Å²) in [5.41, 5.74) is 5.35. The molecule has 1 aromatic rings.